The Morgan fingerprint density at radius 2 is 1.82 bits per heavy atom. The van der Waals surface area contributed by atoms with Gasteiger partial charge in [0.15, 0.2) is 0 Å². The highest BCUT2D eigenvalue weighted by Crippen LogP contribution is 2.24. The van der Waals surface area contributed by atoms with Crippen molar-refractivity contribution < 1.29 is 0 Å². The zero-order valence-electron chi connectivity index (χ0n) is 8.43. The van der Waals surface area contributed by atoms with E-state index in [2.05, 4.69) is 40.3 Å². The maximum atomic E-state index is 3.88. The quantitative estimate of drug-likeness (QED) is 0.527. The van der Waals surface area contributed by atoms with E-state index in [9.17, 15) is 0 Å². The normalized spacial score (nSPS) is 16.5. The van der Waals surface area contributed by atoms with E-state index in [0.29, 0.717) is 0 Å². The van der Waals surface area contributed by atoms with Gasteiger partial charge in [-0.3, -0.25) is 0 Å². The average Bonchev–Trinajstić information content (AvgIpc) is 1.98. The zero-order chi connectivity index (χ0) is 8.85. The van der Waals surface area contributed by atoms with E-state index in [0.717, 1.165) is 17.8 Å². The van der Waals surface area contributed by atoms with Crippen LogP contribution in [0.4, 0.5) is 0 Å². The van der Waals surface area contributed by atoms with Crippen molar-refractivity contribution in [2.45, 2.75) is 40.5 Å². The Hall–Kier alpha value is -0.260. The van der Waals surface area contributed by atoms with Gasteiger partial charge in [0.25, 0.3) is 0 Å². The first-order valence-corrected chi connectivity index (χ1v) is 4.76. The van der Waals surface area contributed by atoms with Crippen LogP contribution in [0.25, 0.3) is 0 Å². The largest absolute Gasteiger partial charge is 0.103 e. The van der Waals surface area contributed by atoms with Crippen LogP contribution in [0.3, 0.4) is 0 Å². The Morgan fingerprint density at radius 3 is 2.09 bits per heavy atom. The number of hydrogen-bond donors (Lipinski definition) is 0. The van der Waals surface area contributed by atoms with E-state index in [1.54, 1.807) is 0 Å². The van der Waals surface area contributed by atoms with Gasteiger partial charge in [0.2, 0.25) is 0 Å². The van der Waals surface area contributed by atoms with Crippen LogP contribution in [-0.4, -0.2) is 0 Å². The van der Waals surface area contributed by atoms with E-state index < -0.39 is 0 Å². The Bertz CT molecular complexity index is 103. The minimum absolute atomic E-state index is 0.722. The Kier molecular flexibility index (Phi) is 5.27. The third-order valence-electron chi connectivity index (χ3n) is 2.65. The van der Waals surface area contributed by atoms with Crippen LogP contribution < -0.4 is 0 Å². The second-order valence-corrected chi connectivity index (χ2v) is 3.79. The first-order valence-electron chi connectivity index (χ1n) is 4.76. The summed E-state index contributed by atoms with van der Waals surface area (Å²) in [6.07, 6.45) is 4.69. The fourth-order valence-electron chi connectivity index (χ4n) is 1.42. The standard InChI is InChI=1S/C11H22/c1-6-8-11(7-2)10(5)9(3)4/h7,9-11H,2,6,8H2,1,3-5H3. The summed E-state index contributed by atoms with van der Waals surface area (Å²) < 4.78 is 0. The molecule has 0 amide bonds. The molecule has 0 aliphatic carbocycles. The van der Waals surface area contributed by atoms with Gasteiger partial charge in [-0.1, -0.05) is 40.2 Å². The number of hydrogen-bond acceptors (Lipinski definition) is 0. The molecule has 0 aromatic rings. The van der Waals surface area contributed by atoms with E-state index >= 15 is 0 Å². The highest BCUT2D eigenvalue weighted by atomic mass is 14.2. The van der Waals surface area contributed by atoms with Crippen LogP contribution >= 0.6 is 0 Å². The van der Waals surface area contributed by atoms with E-state index in [4.69, 9.17) is 0 Å². The molecular formula is C11H22. The molecule has 0 bridgehead atoms. The summed E-state index contributed by atoms with van der Waals surface area (Å²) in [4.78, 5) is 0. The SMILES string of the molecule is C=CC(CCC)C(C)C(C)C. The van der Waals surface area contributed by atoms with Gasteiger partial charge >= 0.3 is 0 Å². The fraction of sp³-hybridized carbons (Fsp3) is 0.818. The average molecular weight is 154 g/mol. The molecule has 0 nitrogen and oxygen atoms in total. The molecule has 11 heavy (non-hydrogen) atoms. The molecule has 0 N–H and O–H groups in total. The molecule has 0 heteroatoms. The van der Waals surface area contributed by atoms with Crippen molar-refractivity contribution >= 4 is 0 Å². The van der Waals surface area contributed by atoms with Gasteiger partial charge in [-0.2, -0.15) is 0 Å². The summed E-state index contributed by atoms with van der Waals surface area (Å²) >= 11 is 0. The van der Waals surface area contributed by atoms with Gasteiger partial charge in [-0.05, 0) is 24.2 Å². The molecule has 0 saturated carbocycles. The van der Waals surface area contributed by atoms with Crippen molar-refractivity contribution in [3.05, 3.63) is 12.7 Å². The lowest BCUT2D eigenvalue weighted by molar-refractivity contribution is 0.309. The molecular weight excluding hydrogens is 132 g/mol. The zero-order valence-corrected chi connectivity index (χ0v) is 8.43. The molecule has 0 spiro atoms. The molecule has 0 aromatic carbocycles. The van der Waals surface area contributed by atoms with Gasteiger partial charge in [0.05, 0.1) is 0 Å². The summed E-state index contributed by atoms with van der Waals surface area (Å²) in [6.45, 7) is 13.0. The predicted octanol–water partition coefficient (Wildman–Crippen LogP) is 3.88. The number of rotatable bonds is 5. The second kappa shape index (κ2) is 5.40. The molecule has 0 heterocycles. The Balaban J connectivity index is 3.90. The Labute approximate surface area is 71.7 Å². The fourth-order valence-corrected chi connectivity index (χ4v) is 1.42. The van der Waals surface area contributed by atoms with E-state index in [1.807, 2.05) is 0 Å². The third kappa shape index (κ3) is 3.60. The molecule has 0 radical (unpaired) electrons. The van der Waals surface area contributed by atoms with Crippen molar-refractivity contribution in [3.63, 3.8) is 0 Å². The van der Waals surface area contributed by atoms with Crippen molar-refractivity contribution in [3.8, 4) is 0 Å². The highest BCUT2D eigenvalue weighted by Gasteiger charge is 2.15. The summed E-state index contributed by atoms with van der Waals surface area (Å²) in [6, 6.07) is 0. The molecule has 2 atom stereocenters. The van der Waals surface area contributed by atoms with E-state index in [-0.39, 0.29) is 0 Å². The van der Waals surface area contributed by atoms with Crippen LogP contribution in [0.15, 0.2) is 12.7 Å². The minimum Gasteiger partial charge on any atom is -0.103 e. The monoisotopic (exact) mass is 154 g/mol. The van der Waals surface area contributed by atoms with Crippen molar-refractivity contribution in [1.82, 2.24) is 0 Å². The van der Waals surface area contributed by atoms with Gasteiger partial charge in [0.1, 0.15) is 0 Å². The predicted molar refractivity (Wildman–Crippen MR) is 52.6 cm³/mol. The van der Waals surface area contributed by atoms with Gasteiger partial charge < -0.3 is 0 Å². The maximum absolute atomic E-state index is 3.88. The van der Waals surface area contributed by atoms with Crippen LogP contribution in [-0.2, 0) is 0 Å². The summed E-state index contributed by atoms with van der Waals surface area (Å²) in [7, 11) is 0. The van der Waals surface area contributed by atoms with Gasteiger partial charge in [-0.25, -0.2) is 0 Å². The number of allylic oxidation sites excluding steroid dienone is 1. The summed E-state index contributed by atoms with van der Waals surface area (Å²) in [5.41, 5.74) is 0. The molecule has 0 saturated heterocycles. The topological polar surface area (TPSA) is 0 Å². The van der Waals surface area contributed by atoms with Gasteiger partial charge in [-0.15, -0.1) is 6.58 Å². The van der Waals surface area contributed by atoms with Crippen LogP contribution in [0.2, 0.25) is 0 Å². The molecule has 0 fully saturated rings. The smallest absolute Gasteiger partial charge is 0.0208 e. The van der Waals surface area contributed by atoms with Crippen molar-refractivity contribution in [2.75, 3.05) is 0 Å². The van der Waals surface area contributed by atoms with Crippen LogP contribution in [0.1, 0.15) is 40.5 Å². The second-order valence-electron chi connectivity index (χ2n) is 3.79. The van der Waals surface area contributed by atoms with Crippen LogP contribution in [0, 0.1) is 17.8 Å². The lowest BCUT2D eigenvalue weighted by Gasteiger charge is -2.23. The molecule has 0 aliphatic rings. The first kappa shape index (κ1) is 10.7. The minimum atomic E-state index is 0.722. The maximum Gasteiger partial charge on any atom is -0.0208 e. The lowest BCUT2D eigenvalue weighted by atomic mass is 9.82. The van der Waals surface area contributed by atoms with E-state index in [1.165, 1.54) is 12.8 Å². The molecule has 2 unspecified atom stereocenters. The van der Waals surface area contributed by atoms with Crippen LogP contribution in [0.5, 0.6) is 0 Å². The lowest BCUT2D eigenvalue weighted by Crippen LogP contribution is -2.14. The molecule has 66 valence electrons. The summed E-state index contributed by atoms with van der Waals surface area (Å²) in [5.74, 6) is 2.29. The molecule has 0 aromatic heterocycles. The van der Waals surface area contributed by atoms with Crippen molar-refractivity contribution in [1.29, 1.82) is 0 Å². The molecule has 0 aliphatic heterocycles. The first-order chi connectivity index (χ1) is 5.13. The van der Waals surface area contributed by atoms with Crippen molar-refractivity contribution in [2.24, 2.45) is 17.8 Å². The highest BCUT2D eigenvalue weighted by molar-refractivity contribution is 4.83. The van der Waals surface area contributed by atoms with Gasteiger partial charge in [0, 0.05) is 0 Å². The third-order valence-corrected chi connectivity index (χ3v) is 2.65. The summed E-state index contributed by atoms with van der Waals surface area (Å²) in [5, 5.41) is 0. The Morgan fingerprint density at radius 1 is 1.27 bits per heavy atom. The molecule has 0 rings (SSSR count).